The van der Waals surface area contributed by atoms with Gasteiger partial charge in [0.1, 0.15) is 0 Å². The highest BCUT2D eigenvalue weighted by Gasteiger charge is 2.37. The van der Waals surface area contributed by atoms with Crippen molar-refractivity contribution in [2.75, 3.05) is 9.80 Å². The Morgan fingerprint density at radius 2 is 0.706 bits per heavy atom. The molecule has 0 unspecified atom stereocenters. The fourth-order valence-corrected chi connectivity index (χ4v) is 9.00. The van der Waals surface area contributed by atoms with Gasteiger partial charge in [0.2, 0.25) is 0 Å². The van der Waals surface area contributed by atoms with Gasteiger partial charge in [0.25, 0.3) is 0 Å². The maximum atomic E-state index is 3.96. The normalized spacial score (nSPS) is 14.3. The lowest BCUT2D eigenvalue weighted by molar-refractivity contribution is 0.660. The number of fused-ring (bicyclic) bond motifs is 6. The molecule has 0 heterocycles. The van der Waals surface area contributed by atoms with E-state index in [-0.39, 0.29) is 10.8 Å². The SMILES string of the molecule is CC1(C)c2ccccc2-c2ccc(N(c3ccccc3)c3cc(Br)cc(N(c4ccccc4)c4ccc5c(c4)C(C)(C)c4ccccc4-5)c3)cc21. The Morgan fingerprint density at radius 1 is 0.333 bits per heavy atom. The summed E-state index contributed by atoms with van der Waals surface area (Å²) in [6, 6.07) is 59.9. The minimum Gasteiger partial charge on any atom is -0.310 e. The van der Waals surface area contributed by atoms with Crippen LogP contribution in [0.3, 0.4) is 0 Å². The third-order valence-corrected chi connectivity index (χ3v) is 11.5. The van der Waals surface area contributed by atoms with Crippen LogP contribution in [0.15, 0.2) is 168 Å². The molecule has 0 radical (unpaired) electrons. The maximum absolute atomic E-state index is 3.96. The lowest BCUT2D eigenvalue weighted by Crippen LogP contribution is -2.17. The summed E-state index contributed by atoms with van der Waals surface area (Å²) in [4.78, 5) is 4.78. The average molecular weight is 724 g/mol. The fourth-order valence-electron chi connectivity index (χ4n) is 8.53. The van der Waals surface area contributed by atoms with Crippen LogP contribution < -0.4 is 9.80 Å². The molecule has 0 saturated carbocycles. The summed E-state index contributed by atoms with van der Waals surface area (Å²) in [5.74, 6) is 0. The summed E-state index contributed by atoms with van der Waals surface area (Å²) in [7, 11) is 0. The second-order valence-corrected chi connectivity index (χ2v) is 15.7. The molecule has 2 aliphatic carbocycles. The first-order valence-corrected chi connectivity index (χ1v) is 18.5. The van der Waals surface area contributed by atoms with Crippen molar-refractivity contribution in [2.24, 2.45) is 0 Å². The topological polar surface area (TPSA) is 6.48 Å². The lowest BCUT2D eigenvalue weighted by atomic mass is 9.82. The van der Waals surface area contributed by atoms with Crippen LogP contribution >= 0.6 is 15.9 Å². The summed E-state index contributed by atoms with van der Waals surface area (Å²) in [6.07, 6.45) is 0. The zero-order chi connectivity index (χ0) is 34.9. The van der Waals surface area contributed by atoms with Crippen molar-refractivity contribution in [3.8, 4) is 22.3 Å². The van der Waals surface area contributed by atoms with E-state index >= 15 is 0 Å². The zero-order valence-corrected chi connectivity index (χ0v) is 30.9. The molecule has 7 aromatic rings. The summed E-state index contributed by atoms with van der Waals surface area (Å²) < 4.78 is 1.01. The zero-order valence-electron chi connectivity index (χ0n) is 29.4. The maximum Gasteiger partial charge on any atom is 0.0493 e. The van der Waals surface area contributed by atoms with E-state index in [2.05, 4.69) is 217 Å². The van der Waals surface area contributed by atoms with E-state index in [0.717, 1.165) is 38.6 Å². The molecule has 0 spiro atoms. The molecule has 0 fully saturated rings. The highest BCUT2D eigenvalue weighted by molar-refractivity contribution is 9.10. The first-order chi connectivity index (χ1) is 24.7. The monoisotopic (exact) mass is 722 g/mol. The van der Waals surface area contributed by atoms with E-state index in [9.17, 15) is 0 Å². The van der Waals surface area contributed by atoms with Gasteiger partial charge in [-0.15, -0.1) is 0 Å². The molecule has 0 amide bonds. The van der Waals surface area contributed by atoms with Crippen LogP contribution in [0.2, 0.25) is 0 Å². The summed E-state index contributed by atoms with van der Waals surface area (Å²) in [5, 5.41) is 0. The smallest absolute Gasteiger partial charge is 0.0493 e. The van der Waals surface area contributed by atoms with E-state index in [1.54, 1.807) is 0 Å². The molecule has 3 heteroatoms. The van der Waals surface area contributed by atoms with E-state index < -0.39 is 0 Å². The molecule has 0 aromatic heterocycles. The molecule has 0 saturated heterocycles. The Morgan fingerprint density at radius 3 is 1.14 bits per heavy atom. The van der Waals surface area contributed by atoms with Gasteiger partial charge >= 0.3 is 0 Å². The van der Waals surface area contributed by atoms with Crippen LogP contribution in [0.4, 0.5) is 34.1 Å². The molecule has 248 valence electrons. The minimum atomic E-state index is -0.0994. The van der Waals surface area contributed by atoms with Gasteiger partial charge in [-0.05, 0) is 111 Å². The van der Waals surface area contributed by atoms with Crippen molar-refractivity contribution in [3.63, 3.8) is 0 Å². The Labute approximate surface area is 309 Å². The number of anilines is 6. The van der Waals surface area contributed by atoms with Crippen LogP contribution in [-0.4, -0.2) is 0 Å². The highest BCUT2D eigenvalue weighted by Crippen LogP contribution is 2.53. The lowest BCUT2D eigenvalue weighted by Gasteiger charge is -2.31. The Hall–Kier alpha value is -5.38. The molecular formula is C48H39BrN2. The van der Waals surface area contributed by atoms with Gasteiger partial charge in [0, 0.05) is 49.4 Å². The van der Waals surface area contributed by atoms with Crippen LogP contribution in [-0.2, 0) is 10.8 Å². The molecule has 0 aliphatic heterocycles. The Balaban J connectivity index is 1.21. The quantitative estimate of drug-likeness (QED) is 0.169. The van der Waals surface area contributed by atoms with Gasteiger partial charge < -0.3 is 9.80 Å². The predicted octanol–water partition coefficient (Wildman–Crippen LogP) is 14.0. The first kappa shape index (κ1) is 31.6. The number of hydrogen-bond acceptors (Lipinski definition) is 2. The van der Waals surface area contributed by atoms with Crippen LogP contribution in [0.5, 0.6) is 0 Å². The van der Waals surface area contributed by atoms with Crippen molar-refractivity contribution < 1.29 is 0 Å². The van der Waals surface area contributed by atoms with Crippen LogP contribution in [0, 0.1) is 0 Å². The molecule has 0 atom stereocenters. The van der Waals surface area contributed by atoms with Crippen LogP contribution in [0.25, 0.3) is 22.3 Å². The summed E-state index contributed by atoms with van der Waals surface area (Å²) in [5.41, 5.74) is 17.2. The van der Waals surface area contributed by atoms with Crippen molar-refractivity contribution >= 4 is 50.1 Å². The van der Waals surface area contributed by atoms with Gasteiger partial charge in [-0.3, -0.25) is 0 Å². The Kier molecular flexibility index (Phi) is 7.34. The van der Waals surface area contributed by atoms with Crippen molar-refractivity contribution in [1.82, 2.24) is 0 Å². The number of halogens is 1. The number of hydrogen-bond donors (Lipinski definition) is 0. The average Bonchev–Trinajstić information content (AvgIpc) is 3.52. The van der Waals surface area contributed by atoms with Gasteiger partial charge in [-0.1, -0.05) is 141 Å². The van der Waals surface area contributed by atoms with Crippen molar-refractivity contribution in [3.05, 3.63) is 191 Å². The van der Waals surface area contributed by atoms with Crippen LogP contribution in [0.1, 0.15) is 49.9 Å². The van der Waals surface area contributed by atoms with E-state index in [1.165, 1.54) is 44.5 Å². The molecule has 0 N–H and O–H groups in total. The fraction of sp³-hybridized carbons (Fsp3) is 0.125. The standard InChI is InChI=1S/C48H39BrN2/c1-47(2)43-21-13-11-19-39(43)41-25-23-35(30-45(41)47)50(33-15-7-5-8-16-33)37-27-32(49)28-38(29-37)51(34-17-9-6-10-18-34)36-24-26-42-40-20-12-14-22-44(40)48(3,4)46(42)31-36/h5-31H,1-4H3. The first-order valence-electron chi connectivity index (χ1n) is 17.7. The number of benzene rings is 7. The number of nitrogens with zero attached hydrogens (tertiary/aromatic N) is 2. The van der Waals surface area contributed by atoms with Gasteiger partial charge in [-0.25, -0.2) is 0 Å². The largest absolute Gasteiger partial charge is 0.310 e. The predicted molar refractivity (Wildman–Crippen MR) is 219 cm³/mol. The minimum absolute atomic E-state index is 0.0994. The third kappa shape index (κ3) is 5.06. The molecule has 2 aliphatic rings. The third-order valence-electron chi connectivity index (χ3n) is 11.1. The van der Waals surface area contributed by atoms with E-state index in [4.69, 9.17) is 0 Å². The van der Waals surface area contributed by atoms with Gasteiger partial charge in [-0.2, -0.15) is 0 Å². The number of rotatable bonds is 6. The van der Waals surface area contributed by atoms with E-state index in [1.807, 2.05) is 0 Å². The van der Waals surface area contributed by atoms with Gasteiger partial charge in [0.15, 0.2) is 0 Å². The summed E-state index contributed by atoms with van der Waals surface area (Å²) in [6.45, 7) is 9.39. The van der Waals surface area contributed by atoms with Gasteiger partial charge in [0.05, 0.1) is 0 Å². The Bertz CT molecular complexity index is 2280. The van der Waals surface area contributed by atoms with E-state index in [0.29, 0.717) is 0 Å². The molecule has 7 aromatic carbocycles. The second-order valence-electron chi connectivity index (χ2n) is 14.8. The molecule has 9 rings (SSSR count). The summed E-state index contributed by atoms with van der Waals surface area (Å²) >= 11 is 3.96. The molecule has 2 nitrogen and oxygen atoms in total. The molecule has 0 bridgehead atoms. The highest BCUT2D eigenvalue weighted by atomic mass is 79.9. The van der Waals surface area contributed by atoms with Crippen molar-refractivity contribution in [1.29, 1.82) is 0 Å². The second kappa shape index (κ2) is 11.9. The number of para-hydroxylation sites is 2. The van der Waals surface area contributed by atoms with Crippen molar-refractivity contribution in [2.45, 2.75) is 38.5 Å². The molecular weight excluding hydrogens is 684 g/mol. The molecule has 51 heavy (non-hydrogen) atoms.